The number of aromatic nitrogens is 1. The first-order valence-corrected chi connectivity index (χ1v) is 9.71. The predicted molar refractivity (Wildman–Crippen MR) is 93.5 cm³/mol. The van der Waals surface area contributed by atoms with Gasteiger partial charge in [-0.2, -0.15) is 4.98 Å². The minimum absolute atomic E-state index is 0.00896. The maximum absolute atomic E-state index is 12.5. The molecule has 3 saturated heterocycles. The molecule has 0 spiro atoms. The van der Waals surface area contributed by atoms with Gasteiger partial charge in [0.05, 0.1) is 17.4 Å². The summed E-state index contributed by atoms with van der Waals surface area (Å²) in [5, 5.41) is 6.15. The average Bonchev–Trinajstić information content (AvgIpc) is 3.26. The van der Waals surface area contributed by atoms with Crippen molar-refractivity contribution in [3.8, 4) is 16.1 Å². The maximum Gasteiger partial charge on any atom is 0.282 e. The number of ether oxygens (including phenoxy) is 2. The molecule has 1 amide bonds. The third-order valence-electron chi connectivity index (χ3n) is 4.64. The topological polar surface area (TPSA) is 63.7 Å². The van der Waals surface area contributed by atoms with Gasteiger partial charge in [0.15, 0.2) is 5.06 Å². The SMILES string of the molecule is COc1csc(Oc2ccc(C(=O)N[C@H]3CN4CCC3CC4)s2)n1. The second kappa shape index (κ2) is 6.70. The van der Waals surface area contributed by atoms with E-state index in [-0.39, 0.29) is 11.9 Å². The van der Waals surface area contributed by atoms with Crippen molar-refractivity contribution < 1.29 is 14.3 Å². The van der Waals surface area contributed by atoms with Gasteiger partial charge in [0.1, 0.15) is 0 Å². The monoisotopic (exact) mass is 365 g/mol. The van der Waals surface area contributed by atoms with E-state index in [4.69, 9.17) is 9.47 Å². The number of hydrogen-bond acceptors (Lipinski definition) is 7. The molecule has 1 N–H and O–H groups in total. The Kier molecular flexibility index (Phi) is 4.43. The first-order chi connectivity index (χ1) is 11.7. The van der Waals surface area contributed by atoms with Crippen LogP contribution in [0.2, 0.25) is 0 Å². The van der Waals surface area contributed by atoms with Crippen LogP contribution >= 0.6 is 22.7 Å². The molecule has 2 bridgehead atoms. The van der Waals surface area contributed by atoms with Crippen molar-refractivity contribution in [1.29, 1.82) is 0 Å². The molecule has 8 heteroatoms. The minimum atomic E-state index is -0.00896. The van der Waals surface area contributed by atoms with Gasteiger partial charge in [-0.25, -0.2) is 0 Å². The molecule has 2 aromatic heterocycles. The number of methoxy groups -OCH3 is 1. The van der Waals surface area contributed by atoms with E-state index in [0.717, 1.165) is 6.54 Å². The van der Waals surface area contributed by atoms with Crippen LogP contribution < -0.4 is 14.8 Å². The number of hydrogen-bond donors (Lipinski definition) is 1. The number of thiazole rings is 1. The Bertz CT molecular complexity index is 722. The molecule has 0 radical (unpaired) electrons. The lowest BCUT2D eigenvalue weighted by atomic mass is 9.84. The number of thiophene rings is 1. The average molecular weight is 365 g/mol. The summed E-state index contributed by atoms with van der Waals surface area (Å²) < 4.78 is 10.7. The van der Waals surface area contributed by atoms with Crippen molar-refractivity contribution in [2.45, 2.75) is 18.9 Å². The summed E-state index contributed by atoms with van der Waals surface area (Å²) in [6.07, 6.45) is 2.38. The first kappa shape index (κ1) is 15.9. The fraction of sp³-hybridized carbons (Fsp3) is 0.500. The molecule has 2 aromatic rings. The number of nitrogens with one attached hydrogen (secondary N) is 1. The molecule has 0 unspecified atom stereocenters. The highest BCUT2D eigenvalue weighted by atomic mass is 32.1. The van der Waals surface area contributed by atoms with Crippen LogP contribution in [0.5, 0.6) is 16.1 Å². The maximum atomic E-state index is 12.5. The second-order valence-corrected chi connectivity index (χ2v) is 7.96. The van der Waals surface area contributed by atoms with E-state index in [1.54, 1.807) is 12.5 Å². The van der Waals surface area contributed by atoms with Crippen LogP contribution in [0.1, 0.15) is 22.5 Å². The predicted octanol–water partition coefficient (Wildman–Crippen LogP) is 2.83. The van der Waals surface area contributed by atoms with Crippen LogP contribution in [-0.4, -0.2) is 48.6 Å². The van der Waals surface area contributed by atoms with Crippen molar-refractivity contribution >= 4 is 28.6 Å². The fourth-order valence-corrected chi connectivity index (χ4v) is 4.78. The summed E-state index contributed by atoms with van der Waals surface area (Å²) in [4.78, 5) is 19.8. The molecule has 3 aliphatic heterocycles. The van der Waals surface area contributed by atoms with Gasteiger partial charge >= 0.3 is 0 Å². The zero-order valence-electron chi connectivity index (χ0n) is 13.4. The summed E-state index contributed by atoms with van der Waals surface area (Å²) in [7, 11) is 1.57. The zero-order valence-corrected chi connectivity index (χ0v) is 15.0. The Morgan fingerprint density at radius 3 is 2.88 bits per heavy atom. The van der Waals surface area contributed by atoms with Gasteiger partial charge in [0.2, 0.25) is 5.88 Å². The summed E-state index contributed by atoms with van der Waals surface area (Å²) in [5.41, 5.74) is 0. The third kappa shape index (κ3) is 3.26. The summed E-state index contributed by atoms with van der Waals surface area (Å²) >= 11 is 2.70. The quantitative estimate of drug-likeness (QED) is 0.883. The van der Waals surface area contributed by atoms with E-state index in [1.165, 1.54) is 48.6 Å². The van der Waals surface area contributed by atoms with E-state index in [2.05, 4.69) is 15.2 Å². The van der Waals surface area contributed by atoms with Crippen molar-refractivity contribution in [2.75, 3.05) is 26.7 Å². The Labute approximate surface area is 148 Å². The van der Waals surface area contributed by atoms with Crippen LogP contribution in [0.3, 0.4) is 0 Å². The lowest BCUT2D eigenvalue weighted by molar-refractivity contribution is 0.0622. The number of nitrogens with zero attached hydrogens (tertiary/aromatic N) is 2. The Hall–Kier alpha value is -1.64. The summed E-state index contributed by atoms with van der Waals surface area (Å²) in [5.74, 6) is 1.15. The van der Waals surface area contributed by atoms with E-state index >= 15 is 0 Å². The van der Waals surface area contributed by atoms with Gasteiger partial charge in [-0.3, -0.25) is 4.79 Å². The standard InChI is InChI=1S/C16H19N3O3S2/c1-21-13-9-23-16(18-13)22-14-3-2-12(24-14)15(20)17-11-8-19-6-4-10(11)5-7-19/h2-3,9-11H,4-8H2,1H3,(H,17,20)/t11-/m0/s1. The Balaban J connectivity index is 1.38. The molecular weight excluding hydrogens is 346 g/mol. The minimum Gasteiger partial charge on any atom is -0.480 e. The molecule has 128 valence electrons. The highest BCUT2D eigenvalue weighted by Crippen LogP contribution is 2.33. The van der Waals surface area contributed by atoms with Gasteiger partial charge in [-0.1, -0.05) is 22.7 Å². The summed E-state index contributed by atoms with van der Waals surface area (Å²) in [6, 6.07) is 3.89. The Morgan fingerprint density at radius 1 is 1.38 bits per heavy atom. The molecule has 3 aliphatic rings. The van der Waals surface area contributed by atoms with Crippen molar-refractivity contribution in [3.05, 3.63) is 22.4 Å². The van der Waals surface area contributed by atoms with Crippen LogP contribution in [0.15, 0.2) is 17.5 Å². The molecule has 1 atom stereocenters. The first-order valence-electron chi connectivity index (χ1n) is 8.01. The van der Waals surface area contributed by atoms with Gasteiger partial charge in [0.25, 0.3) is 11.1 Å². The number of amides is 1. The number of fused-ring (bicyclic) bond motifs is 3. The van der Waals surface area contributed by atoms with E-state index in [0.29, 0.717) is 26.9 Å². The second-order valence-electron chi connectivity index (χ2n) is 6.09. The molecule has 24 heavy (non-hydrogen) atoms. The number of carbonyl (C=O) groups is 1. The van der Waals surface area contributed by atoms with Crippen LogP contribution in [0, 0.1) is 5.92 Å². The van der Waals surface area contributed by atoms with Crippen molar-refractivity contribution in [1.82, 2.24) is 15.2 Å². The largest absolute Gasteiger partial charge is 0.480 e. The Morgan fingerprint density at radius 2 is 2.21 bits per heavy atom. The highest BCUT2D eigenvalue weighted by Gasteiger charge is 2.35. The van der Waals surface area contributed by atoms with E-state index in [1.807, 2.05) is 12.1 Å². The van der Waals surface area contributed by atoms with Gasteiger partial charge in [0, 0.05) is 12.6 Å². The fourth-order valence-electron chi connectivity index (χ4n) is 3.34. The molecule has 5 rings (SSSR count). The van der Waals surface area contributed by atoms with Crippen LogP contribution in [0.25, 0.3) is 0 Å². The van der Waals surface area contributed by atoms with Crippen LogP contribution in [-0.2, 0) is 0 Å². The zero-order chi connectivity index (χ0) is 16.5. The van der Waals surface area contributed by atoms with E-state index in [9.17, 15) is 4.79 Å². The third-order valence-corrected chi connectivity index (χ3v) is 6.29. The van der Waals surface area contributed by atoms with Crippen molar-refractivity contribution in [3.63, 3.8) is 0 Å². The van der Waals surface area contributed by atoms with Gasteiger partial charge < -0.3 is 19.7 Å². The molecule has 3 fully saturated rings. The molecule has 0 aliphatic carbocycles. The van der Waals surface area contributed by atoms with Crippen molar-refractivity contribution in [2.24, 2.45) is 5.92 Å². The normalized spacial score (nSPS) is 25.5. The lowest BCUT2D eigenvalue weighted by Crippen LogP contribution is -2.57. The molecular formula is C16H19N3O3S2. The molecule has 6 nitrogen and oxygen atoms in total. The molecule has 0 aromatic carbocycles. The van der Waals surface area contributed by atoms with E-state index < -0.39 is 0 Å². The highest BCUT2D eigenvalue weighted by molar-refractivity contribution is 7.16. The lowest BCUT2D eigenvalue weighted by Gasteiger charge is -2.44. The molecule has 0 saturated carbocycles. The van der Waals surface area contributed by atoms with Crippen LogP contribution in [0.4, 0.5) is 0 Å². The number of piperidine rings is 3. The number of rotatable bonds is 5. The smallest absolute Gasteiger partial charge is 0.282 e. The van der Waals surface area contributed by atoms with Gasteiger partial charge in [-0.05, 0) is 44.0 Å². The van der Waals surface area contributed by atoms with Gasteiger partial charge in [-0.15, -0.1) is 0 Å². The molecule has 5 heterocycles. The summed E-state index contributed by atoms with van der Waals surface area (Å²) in [6.45, 7) is 3.32. The number of carbonyl (C=O) groups excluding carboxylic acids is 1.